The third-order valence-corrected chi connectivity index (χ3v) is 5.55. The minimum absolute atomic E-state index is 0.378. The van der Waals surface area contributed by atoms with Crippen molar-refractivity contribution in [3.05, 3.63) is 70.4 Å². The van der Waals surface area contributed by atoms with E-state index in [1.807, 2.05) is 29.6 Å². The minimum Gasteiger partial charge on any atom is -0.493 e. The van der Waals surface area contributed by atoms with Crippen molar-refractivity contribution in [2.45, 2.75) is 0 Å². The number of esters is 1. The van der Waals surface area contributed by atoms with Gasteiger partial charge in [-0.15, -0.1) is 11.3 Å². The third-order valence-electron chi connectivity index (χ3n) is 4.70. The summed E-state index contributed by atoms with van der Waals surface area (Å²) in [5, 5.41) is 1.83. The van der Waals surface area contributed by atoms with Gasteiger partial charge in [-0.2, -0.15) is 0 Å². The number of hydrogen-bond donors (Lipinski definition) is 0. The molecule has 0 radical (unpaired) electrons. The molecule has 3 aromatic rings. The molecule has 0 amide bonds. The van der Waals surface area contributed by atoms with Gasteiger partial charge in [0.15, 0.2) is 11.5 Å². The quantitative estimate of drug-likeness (QED) is 0.331. The molecule has 154 valence electrons. The van der Waals surface area contributed by atoms with E-state index in [0.717, 1.165) is 37.6 Å². The van der Waals surface area contributed by atoms with E-state index in [4.69, 9.17) is 14.2 Å². The van der Waals surface area contributed by atoms with Gasteiger partial charge in [0.1, 0.15) is 4.88 Å². The van der Waals surface area contributed by atoms with E-state index < -0.39 is 5.97 Å². The number of nitrogens with zero attached hydrogens (tertiary/aromatic N) is 2. The lowest BCUT2D eigenvalue weighted by molar-refractivity contribution is 0.0735. The van der Waals surface area contributed by atoms with Crippen molar-refractivity contribution in [2.75, 3.05) is 38.3 Å². The van der Waals surface area contributed by atoms with Gasteiger partial charge >= 0.3 is 5.97 Å². The summed E-state index contributed by atoms with van der Waals surface area (Å²) in [5.41, 5.74) is 2.88. The molecule has 0 unspecified atom stereocenters. The zero-order valence-electron chi connectivity index (χ0n) is 16.6. The summed E-state index contributed by atoms with van der Waals surface area (Å²) in [5.74, 6) is 0.458. The molecule has 1 aliphatic rings. The summed E-state index contributed by atoms with van der Waals surface area (Å²) in [6.45, 7) is 3.35. The molecule has 1 aromatic heterocycles. The summed E-state index contributed by atoms with van der Waals surface area (Å²) in [7, 11) is 1.54. The lowest BCUT2D eigenvalue weighted by Crippen LogP contribution is -2.36. The first-order valence-corrected chi connectivity index (χ1v) is 10.5. The molecule has 30 heavy (non-hydrogen) atoms. The number of aliphatic imine (C=N–C) groups is 1. The van der Waals surface area contributed by atoms with Crippen LogP contribution in [0.1, 0.15) is 15.2 Å². The van der Waals surface area contributed by atoms with Crippen molar-refractivity contribution in [1.82, 2.24) is 0 Å². The Morgan fingerprint density at radius 1 is 1.10 bits per heavy atom. The Morgan fingerprint density at radius 2 is 1.90 bits per heavy atom. The Bertz CT molecular complexity index is 1010. The Balaban J connectivity index is 1.43. The first-order chi connectivity index (χ1) is 14.7. The highest BCUT2D eigenvalue weighted by Crippen LogP contribution is 2.29. The van der Waals surface area contributed by atoms with Crippen LogP contribution in [-0.4, -0.2) is 45.6 Å². The van der Waals surface area contributed by atoms with Crippen molar-refractivity contribution < 1.29 is 19.0 Å². The molecule has 1 aliphatic heterocycles. The van der Waals surface area contributed by atoms with Crippen molar-refractivity contribution in [2.24, 2.45) is 4.99 Å². The molecule has 1 fully saturated rings. The predicted molar refractivity (Wildman–Crippen MR) is 119 cm³/mol. The highest BCUT2D eigenvalue weighted by Gasteiger charge is 2.14. The molecule has 2 heterocycles. The van der Waals surface area contributed by atoms with Gasteiger partial charge in [-0.25, -0.2) is 4.79 Å². The first-order valence-electron chi connectivity index (χ1n) is 9.63. The number of rotatable bonds is 6. The summed E-state index contributed by atoms with van der Waals surface area (Å²) >= 11 is 1.34. The number of morpholine rings is 1. The molecule has 4 rings (SSSR count). The van der Waals surface area contributed by atoms with Gasteiger partial charge in [0.05, 0.1) is 26.0 Å². The Morgan fingerprint density at radius 3 is 2.60 bits per heavy atom. The highest BCUT2D eigenvalue weighted by molar-refractivity contribution is 7.12. The Hall–Kier alpha value is -3.16. The third kappa shape index (κ3) is 4.87. The van der Waals surface area contributed by atoms with Crippen molar-refractivity contribution in [3.8, 4) is 11.5 Å². The predicted octanol–water partition coefficient (Wildman–Crippen LogP) is 4.56. The molecule has 1 saturated heterocycles. The van der Waals surface area contributed by atoms with Crippen LogP contribution in [0.25, 0.3) is 0 Å². The Kier molecular flexibility index (Phi) is 6.41. The maximum absolute atomic E-state index is 12.2. The van der Waals surface area contributed by atoms with Gasteiger partial charge in [0.25, 0.3) is 0 Å². The molecule has 0 spiro atoms. The summed E-state index contributed by atoms with van der Waals surface area (Å²) in [6.07, 6.45) is 1.76. The van der Waals surface area contributed by atoms with Gasteiger partial charge in [-0.1, -0.05) is 6.07 Å². The number of thiophene rings is 1. The van der Waals surface area contributed by atoms with Crippen LogP contribution in [0.15, 0.2) is 65.0 Å². The average Bonchev–Trinajstić information content (AvgIpc) is 3.34. The number of carbonyl (C=O) groups is 1. The van der Waals surface area contributed by atoms with Gasteiger partial charge in [-0.05, 0) is 59.5 Å². The molecule has 0 bridgehead atoms. The molecule has 7 heteroatoms. The molecule has 0 aliphatic carbocycles. The van der Waals surface area contributed by atoms with Crippen LogP contribution >= 0.6 is 11.3 Å². The largest absolute Gasteiger partial charge is 0.493 e. The number of benzene rings is 2. The summed E-state index contributed by atoms with van der Waals surface area (Å²) in [4.78, 5) is 19.6. The van der Waals surface area contributed by atoms with Gasteiger partial charge < -0.3 is 19.1 Å². The number of hydrogen-bond acceptors (Lipinski definition) is 7. The molecule has 6 nitrogen and oxygen atoms in total. The zero-order valence-corrected chi connectivity index (χ0v) is 17.4. The second-order valence-electron chi connectivity index (χ2n) is 6.65. The summed E-state index contributed by atoms with van der Waals surface area (Å²) < 4.78 is 16.2. The highest BCUT2D eigenvalue weighted by atomic mass is 32.1. The van der Waals surface area contributed by atoms with Crippen molar-refractivity contribution >= 4 is 34.9 Å². The minimum atomic E-state index is -0.398. The van der Waals surface area contributed by atoms with Crippen LogP contribution in [0.3, 0.4) is 0 Å². The number of ether oxygens (including phenoxy) is 3. The lowest BCUT2D eigenvalue weighted by Gasteiger charge is -2.28. The maximum Gasteiger partial charge on any atom is 0.353 e. The average molecular weight is 423 g/mol. The SMILES string of the molecule is COc1cc(C=Nc2ccc(N3CCOCC3)cc2)ccc1OC(=O)c1cccs1. The van der Waals surface area contributed by atoms with Crippen LogP contribution < -0.4 is 14.4 Å². The molecule has 0 N–H and O–H groups in total. The van der Waals surface area contributed by atoms with E-state index in [9.17, 15) is 4.79 Å². The second kappa shape index (κ2) is 9.56. The van der Waals surface area contributed by atoms with Crippen LogP contribution in [0.2, 0.25) is 0 Å². The van der Waals surface area contributed by atoms with E-state index >= 15 is 0 Å². The molecule has 0 atom stereocenters. The van der Waals surface area contributed by atoms with Gasteiger partial charge in [0, 0.05) is 25.0 Å². The smallest absolute Gasteiger partial charge is 0.353 e. The van der Waals surface area contributed by atoms with E-state index in [0.29, 0.717) is 16.4 Å². The molecular weight excluding hydrogens is 400 g/mol. The Labute approximate surface area is 179 Å². The fourth-order valence-electron chi connectivity index (χ4n) is 3.11. The normalized spacial score (nSPS) is 14.1. The van der Waals surface area contributed by atoms with Gasteiger partial charge in [-0.3, -0.25) is 4.99 Å². The number of anilines is 1. The van der Waals surface area contributed by atoms with Crippen LogP contribution in [0.4, 0.5) is 11.4 Å². The fourth-order valence-corrected chi connectivity index (χ4v) is 3.71. The van der Waals surface area contributed by atoms with Crippen LogP contribution in [0, 0.1) is 0 Å². The standard InChI is InChI=1S/C23H22N2O4S/c1-27-21-15-17(4-9-20(21)29-23(26)22-3-2-14-30-22)16-24-18-5-7-19(8-6-18)25-10-12-28-13-11-25/h2-9,14-16H,10-13H2,1H3. The van der Waals surface area contributed by atoms with E-state index in [-0.39, 0.29) is 0 Å². The zero-order chi connectivity index (χ0) is 20.8. The molecular formula is C23H22N2O4S. The van der Waals surface area contributed by atoms with Crippen LogP contribution in [0.5, 0.6) is 11.5 Å². The molecule has 0 saturated carbocycles. The summed E-state index contributed by atoms with van der Waals surface area (Å²) in [6, 6.07) is 17.0. The molecule has 2 aromatic carbocycles. The fraction of sp³-hybridized carbons (Fsp3) is 0.217. The lowest BCUT2D eigenvalue weighted by atomic mass is 10.2. The second-order valence-corrected chi connectivity index (χ2v) is 7.60. The monoisotopic (exact) mass is 422 g/mol. The van der Waals surface area contributed by atoms with E-state index in [1.165, 1.54) is 17.0 Å². The first kappa shape index (κ1) is 20.1. The number of methoxy groups -OCH3 is 1. The number of carbonyl (C=O) groups excluding carboxylic acids is 1. The van der Waals surface area contributed by atoms with Gasteiger partial charge in [0.2, 0.25) is 0 Å². The topological polar surface area (TPSA) is 60.4 Å². The van der Waals surface area contributed by atoms with Crippen molar-refractivity contribution in [3.63, 3.8) is 0 Å². The van der Waals surface area contributed by atoms with E-state index in [2.05, 4.69) is 22.0 Å². The van der Waals surface area contributed by atoms with E-state index in [1.54, 1.807) is 31.5 Å². The van der Waals surface area contributed by atoms with Crippen LogP contribution in [-0.2, 0) is 4.74 Å². The maximum atomic E-state index is 12.2. The van der Waals surface area contributed by atoms with Crippen molar-refractivity contribution in [1.29, 1.82) is 0 Å².